The van der Waals surface area contributed by atoms with Crippen LogP contribution in [0.3, 0.4) is 0 Å². The molecule has 0 aliphatic carbocycles. The van der Waals surface area contributed by atoms with Gasteiger partial charge in [-0.05, 0) is 23.8 Å². The lowest BCUT2D eigenvalue weighted by atomic mass is 10.1. The fourth-order valence-corrected chi connectivity index (χ4v) is 3.40. The molecule has 2 aromatic heterocycles. The summed E-state index contributed by atoms with van der Waals surface area (Å²) in [4.78, 5) is 35.0. The number of rotatable bonds is 8. The van der Waals surface area contributed by atoms with E-state index in [1.807, 2.05) is 30.3 Å². The lowest BCUT2D eigenvalue weighted by Gasteiger charge is -2.14. The Morgan fingerprint density at radius 2 is 1.97 bits per heavy atom. The molecule has 33 heavy (non-hydrogen) atoms. The third-order valence-corrected chi connectivity index (χ3v) is 4.95. The van der Waals surface area contributed by atoms with Crippen molar-refractivity contribution in [3.8, 4) is 11.4 Å². The van der Waals surface area contributed by atoms with Gasteiger partial charge in [-0.1, -0.05) is 49.1 Å². The lowest BCUT2D eigenvalue weighted by Crippen LogP contribution is -2.17. The van der Waals surface area contributed by atoms with Crippen molar-refractivity contribution in [3.05, 3.63) is 89.4 Å². The molecule has 5 N–H and O–H groups in total. The van der Waals surface area contributed by atoms with E-state index in [0.29, 0.717) is 28.2 Å². The molecule has 0 aliphatic heterocycles. The van der Waals surface area contributed by atoms with E-state index in [-0.39, 0.29) is 24.3 Å². The van der Waals surface area contributed by atoms with E-state index in [0.717, 1.165) is 5.56 Å². The van der Waals surface area contributed by atoms with Crippen LogP contribution in [0.25, 0.3) is 22.4 Å². The minimum atomic E-state index is -0.758. The Hall–Kier alpha value is -4.37. The number of carbonyl (C=O) groups excluding carboxylic acids is 1. The largest absolute Gasteiger partial charge is 0.445 e. The summed E-state index contributed by atoms with van der Waals surface area (Å²) in [6.07, 6.45) is 1.60. The molecule has 9 heteroatoms. The van der Waals surface area contributed by atoms with Gasteiger partial charge < -0.3 is 25.1 Å². The molecule has 0 saturated heterocycles. The Balaban J connectivity index is 1.63. The van der Waals surface area contributed by atoms with E-state index >= 15 is 0 Å². The number of hydrogen-bond acceptors (Lipinski definition) is 6. The number of ether oxygens (including phenoxy) is 1. The fraction of sp³-hybridized carbons (Fsp3) is 0.125. The summed E-state index contributed by atoms with van der Waals surface area (Å²) in [6.45, 7) is 3.79. The number of aliphatic hydroxyl groups excluding tert-OH is 1. The van der Waals surface area contributed by atoms with E-state index in [1.54, 1.807) is 24.3 Å². The van der Waals surface area contributed by atoms with Crippen LogP contribution in [0, 0.1) is 0 Å². The van der Waals surface area contributed by atoms with Gasteiger partial charge in [0.1, 0.15) is 18.0 Å². The Kier molecular flexibility index (Phi) is 6.51. The fourth-order valence-electron chi connectivity index (χ4n) is 3.40. The first-order valence-electron chi connectivity index (χ1n) is 10.3. The second-order valence-electron chi connectivity index (χ2n) is 7.20. The third kappa shape index (κ3) is 4.94. The highest BCUT2D eigenvalue weighted by molar-refractivity contribution is 5.98. The molecule has 0 spiro atoms. The van der Waals surface area contributed by atoms with Gasteiger partial charge in [-0.25, -0.2) is 9.78 Å². The van der Waals surface area contributed by atoms with Gasteiger partial charge in [-0.2, -0.15) is 0 Å². The van der Waals surface area contributed by atoms with Crippen molar-refractivity contribution >= 4 is 28.5 Å². The number of carbonyl (C=O) groups is 1. The summed E-state index contributed by atoms with van der Waals surface area (Å²) < 4.78 is 4.97. The number of fused-ring (bicyclic) bond motifs is 1. The monoisotopic (exact) mass is 445 g/mol. The quantitative estimate of drug-likeness (QED) is 0.262. The molecule has 0 radical (unpaired) electrons. The molecule has 1 amide bonds. The van der Waals surface area contributed by atoms with Crippen LogP contribution >= 0.6 is 0 Å². The second-order valence-corrected chi connectivity index (χ2v) is 7.20. The first-order valence-corrected chi connectivity index (χ1v) is 10.3. The van der Waals surface area contributed by atoms with E-state index in [2.05, 4.69) is 32.2 Å². The summed E-state index contributed by atoms with van der Waals surface area (Å²) >= 11 is 0. The lowest BCUT2D eigenvalue weighted by molar-refractivity contribution is 0.174. The summed E-state index contributed by atoms with van der Waals surface area (Å²) in [6, 6.07) is 16.1. The minimum Gasteiger partial charge on any atom is -0.445 e. The maximum absolute atomic E-state index is 12.7. The van der Waals surface area contributed by atoms with Gasteiger partial charge in [0.25, 0.3) is 5.56 Å². The number of nitrogens with one attached hydrogen (secondary N) is 4. The Morgan fingerprint density at radius 1 is 1.15 bits per heavy atom. The van der Waals surface area contributed by atoms with Crippen LogP contribution in [0.15, 0.2) is 78.2 Å². The van der Waals surface area contributed by atoms with Crippen LogP contribution in [0.1, 0.15) is 11.7 Å². The number of benzene rings is 2. The Bertz CT molecular complexity index is 1330. The number of hydrogen-bond donors (Lipinski definition) is 5. The molecular weight excluding hydrogens is 422 g/mol. The first-order chi connectivity index (χ1) is 16.1. The van der Waals surface area contributed by atoms with Gasteiger partial charge in [0.2, 0.25) is 0 Å². The third-order valence-electron chi connectivity index (χ3n) is 4.95. The van der Waals surface area contributed by atoms with Gasteiger partial charge in [0.15, 0.2) is 0 Å². The zero-order valence-corrected chi connectivity index (χ0v) is 17.7. The van der Waals surface area contributed by atoms with E-state index in [9.17, 15) is 14.7 Å². The summed E-state index contributed by atoms with van der Waals surface area (Å²) in [5.41, 5.74) is 2.77. The molecule has 9 nitrogen and oxygen atoms in total. The average molecular weight is 445 g/mol. The molecule has 0 unspecified atom stereocenters. The van der Waals surface area contributed by atoms with Gasteiger partial charge in [-0.3, -0.25) is 10.1 Å². The predicted octanol–water partition coefficient (Wildman–Crippen LogP) is 3.80. The molecule has 2 aromatic carbocycles. The maximum Gasteiger partial charge on any atom is 0.412 e. The van der Waals surface area contributed by atoms with Gasteiger partial charge in [0, 0.05) is 12.7 Å². The molecule has 0 aliphatic rings. The summed E-state index contributed by atoms with van der Waals surface area (Å²) in [5.74, 6) is 0.317. The van der Waals surface area contributed by atoms with Crippen molar-refractivity contribution in [2.45, 2.75) is 6.10 Å². The maximum atomic E-state index is 12.7. The highest BCUT2D eigenvalue weighted by atomic mass is 16.5. The zero-order chi connectivity index (χ0) is 23.2. The smallest absolute Gasteiger partial charge is 0.412 e. The molecular formula is C24H23N5O4. The van der Waals surface area contributed by atoms with Crippen molar-refractivity contribution in [3.63, 3.8) is 0 Å². The van der Waals surface area contributed by atoms with Gasteiger partial charge in [-0.15, -0.1) is 0 Å². The molecule has 0 fully saturated rings. The van der Waals surface area contributed by atoms with Crippen molar-refractivity contribution in [1.29, 1.82) is 0 Å². The molecule has 2 heterocycles. The average Bonchev–Trinajstić information content (AvgIpc) is 3.26. The van der Waals surface area contributed by atoms with E-state index in [1.165, 1.54) is 12.3 Å². The number of nitrogens with zero attached hydrogens (tertiary/aromatic N) is 1. The molecule has 168 valence electrons. The number of aromatic amines is 2. The second kappa shape index (κ2) is 9.84. The molecule has 4 rings (SSSR count). The number of anilines is 2. The van der Waals surface area contributed by atoms with Crippen molar-refractivity contribution < 1.29 is 14.6 Å². The predicted molar refractivity (Wildman–Crippen MR) is 127 cm³/mol. The van der Waals surface area contributed by atoms with Crippen molar-refractivity contribution in [2.75, 3.05) is 23.8 Å². The minimum absolute atomic E-state index is 0.0826. The zero-order valence-electron chi connectivity index (χ0n) is 17.7. The first kappa shape index (κ1) is 21.8. The number of aliphatic hydroxyl groups is 1. The van der Waals surface area contributed by atoms with E-state index < -0.39 is 12.2 Å². The number of imidazole rings is 1. The number of para-hydroxylation sites is 1. The molecule has 4 aromatic rings. The van der Waals surface area contributed by atoms with Gasteiger partial charge in [0.05, 0.1) is 28.5 Å². The molecule has 1 atom stereocenters. The SMILES string of the molecule is C=CCOC(=O)Nc1cccc2nc(-c3c(NC[C@H](O)c4ccccc4)cc[nH]c3=O)[nH]c12. The highest BCUT2D eigenvalue weighted by Crippen LogP contribution is 2.28. The normalized spacial score (nSPS) is 11.7. The van der Waals surface area contributed by atoms with Crippen LogP contribution < -0.4 is 16.2 Å². The number of aromatic nitrogens is 3. The van der Waals surface area contributed by atoms with Crippen LogP contribution in [0.2, 0.25) is 0 Å². The van der Waals surface area contributed by atoms with Crippen LogP contribution in [-0.2, 0) is 4.74 Å². The van der Waals surface area contributed by atoms with Crippen LogP contribution in [0.4, 0.5) is 16.2 Å². The Morgan fingerprint density at radius 3 is 2.76 bits per heavy atom. The highest BCUT2D eigenvalue weighted by Gasteiger charge is 2.17. The molecule has 0 bridgehead atoms. The number of amides is 1. The van der Waals surface area contributed by atoms with Crippen LogP contribution in [-0.4, -0.2) is 39.3 Å². The number of H-pyrrole nitrogens is 2. The van der Waals surface area contributed by atoms with Crippen molar-refractivity contribution in [1.82, 2.24) is 15.0 Å². The molecule has 0 saturated carbocycles. The standard InChI is InChI=1S/C24H23N5O4/c1-2-13-33-24(32)28-18-10-6-9-17-21(18)29-22(27-17)20-16(11-12-25-23(20)31)26-14-19(30)15-7-4-3-5-8-15/h2-12,19,30H,1,13-14H2,(H,27,29)(H,28,32)(H2,25,26,31)/t19-/m0/s1. The topological polar surface area (TPSA) is 132 Å². The van der Waals surface area contributed by atoms with E-state index in [4.69, 9.17) is 4.74 Å². The van der Waals surface area contributed by atoms with Crippen molar-refractivity contribution in [2.24, 2.45) is 0 Å². The van der Waals surface area contributed by atoms with Gasteiger partial charge >= 0.3 is 6.09 Å². The summed E-state index contributed by atoms with van der Waals surface area (Å²) in [7, 11) is 0. The Labute approximate surface area is 189 Å². The van der Waals surface area contributed by atoms with Crippen LogP contribution in [0.5, 0.6) is 0 Å². The number of pyridine rings is 1. The summed E-state index contributed by atoms with van der Waals surface area (Å²) in [5, 5.41) is 16.3.